The van der Waals surface area contributed by atoms with Gasteiger partial charge in [-0.2, -0.15) is 0 Å². The van der Waals surface area contributed by atoms with E-state index in [4.69, 9.17) is 0 Å². The average molecular weight is 224 g/mol. The minimum Gasteiger partial charge on any atom is -0.299 e. The maximum atomic E-state index is 12.1. The van der Waals surface area contributed by atoms with Crippen LogP contribution in [0, 0.1) is 17.3 Å². The predicted octanol–water partition coefficient (Wildman–Crippen LogP) is 4.60. The van der Waals surface area contributed by atoms with Gasteiger partial charge in [0.1, 0.15) is 5.78 Å². The van der Waals surface area contributed by atoms with Crippen LogP contribution in [0.3, 0.4) is 0 Å². The van der Waals surface area contributed by atoms with Gasteiger partial charge in [0.2, 0.25) is 0 Å². The highest BCUT2D eigenvalue weighted by molar-refractivity contribution is 5.81. The molecular weight excluding hydrogens is 196 g/mol. The number of ketones is 1. The van der Waals surface area contributed by atoms with Gasteiger partial charge in [0.15, 0.2) is 0 Å². The monoisotopic (exact) mass is 224 g/mol. The molecule has 0 unspecified atom stereocenters. The van der Waals surface area contributed by atoms with Crippen LogP contribution in [0.5, 0.6) is 0 Å². The van der Waals surface area contributed by atoms with Crippen molar-refractivity contribution in [3.8, 4) is 0 Å². The Kier molecular flexibility index (Phi) is 5.01. The van der Waals surface area contributed by atoms with Crippen molar-refractivity contribution in [3.63, 3.8) is 0 Å². The molecule has 0 bridgehead atoms. The Bertz CT molecular complexity index is 216. The molecule has 1 aliphatic rings. The maximum absolute atomic E-state index is 12.1. The van der Waals surface area contributed by atoms with E-state index in [9.17, 15) is 4.79 Å². The third-order valence-corrected chi connectivity index (χ3v) is 4.44. The topological polar surface area (TPSA) is 17.1 Å². The van der Waals surface area contributed by atoms with E-state index in [1.54, 1.807) is 0 Å². The Morgan fingerprint density at radius 3 is 2.12 bits per heavy atom. The molecule has 94 valence electrons. The van der Waals surface area contributed by atoms with Crippen molar-refractivity contribution in [2.45, 2.75) is 72.6 Å². The first-order valence-electron chi connectivity index (χ1n) is 7.01. The number of rotatable bonds is 5. The van der Waals surface area contributed by atoms with E-state index in [1.807, 2.05) is 0 Å². The van der Waals surface area contributed by atoms with E-state index >= 15 is 0 Å². The summed E-state index contributed by atoms with van der Waals surface area (Å²) < 4.78 is 0. The summed E-state index contributed by atoms with van der Waals surface area (Å²) in [4.78, 5) is 12.1. The molecule has 1 rings (SSSR count). The van der Waals surface area contributed by atoms with Crippen molar-refractivity contribution in [2.75, 3.05) is 0 Å². The lowest BCUT2D eigenvalue weighted by molar-refractivity contribution is -0.125. The molecule has 0 heterocycles. The van der Waals surface area contributed by atoms with Crippen LogP contribution in [-0.4, -0.2) is 5.78 Å². The molecule has 0 aromatic carbocycles. The molecule has 0 radical (unpaired) electrons. The van der Waals surface area contributed by atoms with Crippen molar-refractivity contribution in [3.05, 3.63) is 0 Å². The molecule has 0 amide bonds. The second-order valence-electron chi connectivity index (χ2n) is 6.29. The highest BCUT2D eigenvalue weighted by atomic mass is 16.1. The minimum absolute atomic E-state index is 0.383. The van der Waals surface area contributed by atoms with Gasteiger partial charge in [0.25, 0.3) is 0 Å². The molecule has 1 aliphatic carbocycles. The zero-order valence-corrected chi connectivity index (χ0v) is 11.5. The number of hydrogen-bond donors (Lipinski definition) is 0. The molecule has 1 fully saturated rings. The van der Waals surface area contributed by atoms with E-state index in [0.29, 0.717) is 23.0 Å². The van der Waals surface area contributed by atoms with E-state index in [2.05, 4.69) is 27.7 Å². The summed E-state index contributed by atoms with van der Waals surface area (Å²) in [5.74, 6) is 1.56. The largest absolute Gasteiger partial charge is 0.299 e. The van der Waals surface area contributed by atoms with Crippen LogP contribution >= 0.6 is 0 Å². The molecule has 0 spiro atoms. The van der Waals surface area contributed by atoms with Crippen molar-refractivity contribution >= 4 is 5.78 Å². The zero-order chi connectivity index (χ0) is 12.2. The van der Waals surface area contributed by atoms with E-state index in [1.165, 1.54) is 12.8 Å². The first-order valence-corrected chi connectivity index (χ1v) is 7.01. The fourth-order valence-corrected chi connectivity index (χ4v) is 2.75. The molecule has 16 heavy (non-hydrogen) atoms. The lowest BCUT2D eigenvalue weighted by Crippen LogP contribution is -2.27. The number of hydrogen-bond acceptors (Lipinski definition) is 1. The number of carbonyl (C=O) groups is 1. The van der Waals surface area contributed by atoms with Crippen LogP contribution in [0.25, 0.3) is 0 Å². The molecule has 1 heteroatoms. The van der Waals surface area contributed by atoms with Crippen LogP contribution in [-0.2, 0) is 4.79 Å². The Balaban J connectivity index is 2.38. The Morgan fingerprint density at radius 2 is 1.69 bits per heavy atom. The van der Waals surface area contributed by atoms with Crippen molar-refractivity contribution < 1.29 is 4.79 Å². The van der Waals surface area contributed by atoms with Crippen molar-refractivity contribution in [1.82, 2.24) is 0 Å². The summed E-state index contributed by atoms with van der Waals surface area (Å²) in [6.45, 7) is 9.06. The summed E-state index contributed by atoms with van der Waals surface area (Å²) in [6, 6.07) is 0. The van der Waals surface area contributed by atoms with Gasteiger partial charge < -0.3 is 0 Å². The van der Waals surface area contributed by atoms with E-state index in [-0.39, 0.29) is 0 Å². The molecule has 0 aromatic rings. The quantitative estimate of drug-likeness (QED) is 0.667. The first kappa shape index (κ1) is 13.7. The normalized spacial score (nSPS) is 21.3. The summed E-state index contributed by atoms with van der Waals surface area (Å²) >= 11 is 0. The van der Waals surface area contributed by atoms with Crippen LogP contribution < -0.4 is 0 Å². The second-order valence-corrected chi connectivity index (χ2v) is 6.29. The van der Waals surface area contributed by atoms with Gasteiger partial charge >= 0.3 is 0 Å². The molecule has 0 N–H and O–H groups in total. The maximum Gasteiger partial charge on any atom is 0.136 e. The standard InChI is InChI=1S/C15H28O/c1-5-12(6-2)11-14(16)13-7-9-15(3,4)10-8-13/h12-13H,5-11H2,1-4H3. The van der Waals surface area contributed by atoms with Gasteiger partial charge in [0.05, 0.1) is 0 Å². The Morgan fingerprint density at radius 1 is 1.19 bits per heavy atom. The lowest BCUT2D eigenvalue weighted by Gasteiger charge is -2.34. The summed E-state index contributed by atoms with van der Waals surface area (Å²) in [7, 11) is 0. The third-order valence-electron chi connectivity index (χ3n) is 4.44. The van der Waals surface area contributed by atoms with Crippen LogP contribution in [0.1, 0.15) is 72.6 Å². The molecule has 1 saturated carbocycles. The number of Topliss-reactive ketones (excluding diaryl/α,β-unsaturated/α-hetero) is 1. The van der Waals surface area contributed by atoms with Gasteiger partial charge in [-0.1, -0.05) is 40.5 Å². The van der Waals surface area contributed by atoms with Crippen LogP contribution in [0.4, 0.5) is 0 Å². The Hall–Kier alpha value is -0.330. The van der Waals surface area contributed by atoms with Gasteiger partial charge in [0, 0.05) is 12.3 Å². The van der Waals surface area contributed by atoms with Gasteiger partial charge in [-0.3, -0.25) is 4.79 Å². The van der Waals surface area contributed by atoms with Crippen molar-refractivity contribution in [2.24, 2.45) is 17.3 Å². The molecule has 0 saturated heterocycles. The fraction of sp³-hybridized carbons (Fsp3) is 0.933. The SMILES string of the molecule is CCC(CC)CC(=O)C1CCC(C)(C)CC1. The predicted molar refractivity (Wildman–Crippen MR) is 69.4 cm³/mol. The molecule has 0 aromatic heterocycles. The van der Waals surface area contributed by atoms with Gasteiger partial charge in [-0.05, 0) is 37.0 Å². The first-order chi connectivity index (χ1) is 7.48. The van der Waals surface area contributed by atoms with E-state index < -0.39 is 0 Å². The molecule has 0 atom stereocenters. The summed E-state index contributed by atoms with van der Waals surface area (Å²) in [5.41, 5.74) is 0.478. The fourth-order valence-electron chi connectivity index (χ4n) is 2.75. The Labute approximate surface area is 101 Å². The number of carbonyl (C=O) groups excluding carboxylic acids is 1. The zero-order valence-electron chi connectivity index (χ0n) is 11.5. The smallest absolute Gasteiger partial charge is 0.136 e. The van der Waals surface area contributed by atoms with Crippen LogP contribution in [0.2, 0.25) is 0 Å². The molecular formula is C15H28O. The lowest BCUT2D eigenvalue weighted by atomic mass is 9.71. The van der Waals surface area contributed by atoms with Gasteiger partial charge in [-0.25, -0.2) is 0 Å². The minimum atomic E-state index is 0.383. The summed E-state index contributed by atoms with van der Waals surface area (Å²) in [5, 5.41) is 0. The van der Waals surface area contributed by atoms with Crippen LogP contribution in [0.15, 0.2) is 0 Å². The molecule has 0 aliphatic heterocycles. The average Bonchev–Trinajstić information content (AvgIpc) is 2.25. The molecule has 1 nitrogen and oxygen atoms in total. The highest BCUT2D eigenvalue weighted by Crippen LogP contribution is 2.39. The van der Waals surface area contributed by atoms with Crippen molar-refractivity contribution in [1.29, 1.82) is 0 Å². The highest BCUT2D eigenvalue weighted by Gasteiger charge is 2.30. The second kappa shape index (κ2) is 5.84. The van der Waals surface area contributed by atoms with E-state index in [0.717, 1.165) is 32.1 Å². The third kappa shape index (κ3) is 3.92. The van der Waals surface area contributed by atoms with Gasteiger partial charge in [-0.15, -0.1) is 0 Å². The summed E-state index contributed by atoms with van der Waals surface area (Å²) in [6.07, 6.45) is 7.86.